The molecule has 1 saturated heterocycles. The van der Waals surface area contributed by atoms with Crippen LogP contribution in [-0.4, -0.2) is 46.8 Å². The molecule has 1 N–H and O–H groups in total. The van der Waals surface area contributed by atoms with Gasteiger partial charge in [-0.2, -0.15) is 5.26 Å². The van der Waals surface area contributed by atoms with Crippen molar-refractivity contribution in [3.8, 4) is 6.07 Å². The van der Waals surface area contributed by atoms with Gasteiger partial charge in [0.1, 0.15) is 6.04 Å². The number of amides is 2. The van der Waals surface area contributed by atoms with Gasteiger partial charge in [0.2, 0.25) is 5.91 Å². The van der Waals surface area contributed by atoms with Crippen LogP contribution in [0.5, 0.6) is 0 Å². The Labute approximate surface area is 182 Å². The maximum Gasteiger partial charge on any atom is 0.268 e. The second-order valence-electron chi connectivity index (χ2n) is 7.87. The van der Waals surface area contributed by atoms with Gasteiger partial charge in [-0.3, -0.25) is 14.6 Å². The Morgan fingerprint density at radius 1 is 1.26 bits per heavy atom. The van der Waals surface area contributed by atoms with Crippen LogP contribution in [0.2, 0.25) is 5.02 Å². The summed E-state index contributed by atoms with van der Waals surface area (Å²) in [4.78, 5) is 30.0. The SMILES string of the molecule is N#CC1CC(F)(F)CN1C(=O)CNC(=O)c1ccncc1C1CC1c1ccc(Cl)cc1. The number of halogens is 3. The molecule has 31 heavy (non-hydrogen) atoms. The molecule has 1 aliphatic carbocycles. The molecule has 9 heteroatoms. The van der Waals surface area contributed by atoms with Crippen molar-refractivity contribution in [2.45, 2.75) is 36.6 Å². The largest absolute Gasteiger partial charge is 0.343 e. The predicted octanol–water partition coefficient (Wildman–Crippen LogP) is 3.50. The van der Waals surface area contributed by atoms with Crippen molar-refractivity contribution < 1.29 is 18.4 Å². The molecule has 2 fully saturated rings. The number of carbonyl (C=O) groups excluding carboxylic acids is 2. The van der Waals surface area contributed by atoms with Crippen molar-refractivity contribution in [2.75, 3.05) is 13.1 Å². The van der Waals surface area contributed by atoms with Gasteiger partial charge in [-0.25, -0.2) is 8.78 Å². The average Bonchev–Trinajstić information content (AvgIpc) is 3.48. The Morgan fingerprint density at radius 3 is 2.71 bits per heavy atom. The fourth-order valence-electron chi connectivity index (χ4n) is 4.07. The minimum Gasteiger partial charge on any atom is -0.343 e. The number of nitrogens with one attached hydrogen (secondary N) is 1. The third-order valence-corrected chi connectivity index (χ3v) is 5.98. The number of nitriles is 1. The van der Waals surface area contributed by atoms with Gasteiger partial charge in [0.05, 0.1) is 19.2 Å². The minimum atomic E-state index is -3.10. The lowest BCUT2D eigenvalue weighted by atomic mass is 10.0. The van der Waals surface area contributed by atoms with E-state index < -0.39 is 43.3 Å². The summed E-state index contributed by atoms with van der Waals surface area (Å²) in [5, 5.41) is 12.2. The van der Waals surface area contributed by atoms with Crippen molar-refractivity contribution in [1.29, 1.82) is 5.26 Å². The van der Waals surface area contributed by atoms with E-state index in [9.17, 15) is 18.4 Å². The number of alkyl halides is 2. The van der Waals surface area contributed by atoms with Crippen LogP contribution < -0.4 is 5.32 Å². The molecule has 2 heterocycles. The van der Waals surface area contributed by atoms with E-state index in [-0.39, 0.29) is 11.8 Å². The van der Waals surface area contributed by atoms with Gasteiger partial charge in [-0.05, 0) is 47.6 Å². The van der Waals surface area contributed by atoms with Crippen molar-refractivity contribution in [1.82, 2.24) is 15.2 Å². The summed E-state index contributed by atoms with van der Waals surface area (Å²) < 4.78 is 27.1. The maximum absolute atomic E-state index is 13.6. The molecule has 160 valence electrons. The zero-order chi connectivity index (χ0) is 22.2. The maximum atomic E-state index is 13.6. The second kappa shape index (κ2) is 8.23. The first-order chi connectivity index (χ1) is 14.8. The normalized spacial score (nSPS) is 23.8. The van der Waals surface area contributed by atoms with Crippen molar-refractivity contribution in [3.05, 3.63) is 64.4 Å². The topological polar surface area (TPSA) is 86.1 Å². The highest BCUT2D eigenvalue weighted by Crippen LogP contribution is 2.55. The summed E-state index contributed by atoms with van der Waals surface area (Å²) in [6, 6.07) is 9.67. The van der Waals surface area contributed by atoms with Crippen LogP contribution in [0, 0.1) is 11.3 Å². The number of benzene rings is 1. The zero-order valence-corrected chi connectivity index (χ0v) is 17.1. The number of rotatable bonds is 5. The Kier molecular flexibility index (Phi) is 5.63. The summed E-state index contributed by atoms with van der Waals surface area (Å²) in [7, 11) is 0. The number of hydrogen-bond acceptors (Lipinski definition) is 4. The molecule has 4 rings (SSSR count). The third kappa shape index (κ3) is 4.52. The summed E-state index contributed by atoms with van der Waals surface area (Å²) >= 11 is 5.94. The molecule has 1 aromatic carbocycles. The van der Waals surface area contributed by atoms with E-state index in [0.717, 1.165) is 22.4 Å². The Hall–Kier alpha value is -3.05. The summed E-state index contributed by atoms with van der Waals surface area (Å²) in [6.45, 7) is -1.27. The molecule has 2 amide bonds. The van der Waals surface area contributed by atoms with Crippen LogP contribution in [0.25, 0.3) is 0 Å². The number of hydrogen-bond donors (Lipinski definition) is 1. The van der Waals surface area contributed by atoms with E-state index in [0.29, 0.717) is 10.6 Å². The van der Waals surface area contributed by atoms with Gasteiger partial charge in [0.15, 0.2) is 0 Å². The van der Waals surface area contributed by atoms with Crippen LogP contribution in [0.3, 0.4) is 0 Å². The number of nitrogens with zero attached hydrogens (tertiary/aromatic N) is 3. The molecule has 1 aliphatic heterocycles. The molecule has 3 atom stereocenters. The highest BCUT2D eigenvalue weighted by atomic mass is 35.5. The lowest BCUT2D eigenvalue weighted by Gasteiger charge is -2.19. The van der Waals surface area contributed by atoms with Crippen LogP contribution in [-0.2, 0) is 4.79 Å². The van der Waals surface area contributed by atoms with Crippen molar-refractivity contribution >= 4 is 23.4 Å². The smallest absolute Gasteiger partial charge is 0.268 e. The van der Waals surface area contributed by atoms with Crippen molar-refractivity contribution in [2.24, 2.45) is 0 Å². The standard InChI is InChI=1S/C22H19ClF2N4O2/c23-14-3-1-13(2-4-14)17-7-18(17)19-10-27-6-5-16(19)21(31)28-11-20(30)29-12-22(24,25)8-15(29)9-26/h1-6,10,15,17-18H,7-8,11-12H2,(H,28,31). The van der Waals surface area contributed by atoms with Gasteiger partial charge in [0, 0.05) is 29.4 Å². The van der Waals surface area contributed by atoms with Crippen LogP contribution >= 0.6 is 11.6 Å². The van der Waals surface area contributed by atoms with Crippen LogP contribution in [0.1, 0.15) is 46.2 Å². The minimum absolute atomic E-state index is 0.117. The summed E-state index contributed by atoms with van der Waals surface area (Å²) in [6.07, 6.45) is 3.31. The fraction of sp³-hybridized carbons (Fsp3) is 0.364. The first-order valence-corrected chi connectivity index (χ1v) is 10.2. The lowest BCUT2D eigenvalue weighted by Crippen LogP contribution is -2.43. The zero-order valence-electron chi connectivity index (χ0n) is 16.4. The molecular formula is C22H19ClF2N4O2. The lowest BCUT2D eigenvalue weighted by molar-refractivity contribution is -0.131. The van der Waals surface area contributed by atoms with Gasteiger partial charge >= 0.3 is 0 Å². The number of likely N-dealkylation sites (tertiary alicyclic amines) is 1. The van der Waals surface area contributed by atoms with Gasteiger partial charge in [-0.1, -0.05) is 23.7 Å². The van der Waals surface area contributed by atoms with E-state index >= 15 is 0 Å². The van der Waals surface area contributed by atoms with E-state index in [2.05, 4.69) is 10.3 Å². The van der Waals surface area contributed by atoms with E-state index in [1.54, 1.807) is 18.3 Å². The molecule has 3 unspecified atom stereocenters. The van der Waals surface area contributed by atoms with Gasteiger partial charge < -0.3 is 10.2 Å². The quantitative estimate of drug-likeness (QED) is 0.764. The second-order valence-corrected chi connectivity index (χ2v) is 8.31. The monoisotopic (exact) mass is 444 g/mol. The molecule has 6 nitrogen and oxygen atoms in total. The van der Waals surface area contributed by atoms with Crippen LogP contribution in [0.15, 0.2) is 42.7 Å². The van der Waals surface area contributed by atoms with Gasteiger partial charge in [-0.15, -0.1) is 0 Å². The molecule has 2 aliphatic rings. The molecule has 0 radical (unpaired) electrons. The molecule has 1 aromatic heterocycles. The number of aromatic nitrogens is 1. The van der Waals surface area contributed by atoms with E-state index in [1.165, 1.54) is 6.20 Å². The molecule has 1 saturated carbocycles. The van der Waals surface area contributed by atoms with E-state index in [1.807, 2.05) is 24.3 Å². The molecule has 2 aromatic rings. The highest BCUT2D eigenvalue weighted by Gasteiger charge is 2.47. The fourth-order valence-corrected chi connectivity index (χ4v) is 4.20. The number of carbonyl (C=O) groups is 2. The molecular weight excluding hydrogens is 426 g/mol. The first kappa shape index (κ1) is 21.2. The first-order valence-electron chi connectivity index (χ1n) is 9.83. The Balaban J connectivity index is 1.42. The van der Waals surface area contributed by atoms with Crippen molar-refractivity contribution in [3.63, 3.8) is 0 Å². The van der Waals surface area contributed by atoms with Crippen LogP contribution in [0.4, 0.5) is 8.78 Å². The number of pyridine rings is 1. The Morgan fingerprint density at radius 2 is 2.00 bits per heavy atom. The molecule has 0 bridgehead atoms. The van der Waals surface area contributed by atoms with E-state index in [4.69, 9.17) is 16.9 Å². The van der Waals surface area contributed by atoms with Gasteiger partial charge in [0.25, 0.3) is 11.8 Å². The third-order valence-electron chi connectivity index (χ3n) is 5.72. The summed E-state index contributed by atoms with van der Waals surface area (Å²) in [5.41, 5.74) is 2.29. The highest BCUT2D eigenvalue weighted by molar-refractivity contribution is 6.30. The predicted molar refractivity (Wildman–Crippen MR) is 109 cm³/mol. The Bertz CT molecular complexity index is 1050. The molecule has 0 spiro atoms. The summed E-state index contributed by atoms with van der Waals surface area (Å²) in [5.74, 6) is -3.92. The average molecular weight is 445 g/mol.